The van der Waals surface area contributed by atoms with E-state index < -0.39 is 18.0 Å². The lowest BCUT2D eigenvalue weighted by Gasteiger charge is -2.08. The Kier molecular flexibility index (Phi) is 3.45. The molecule has 0 saturated heterocycles. The summed E-state index contributed by atoms with van der Waals surface area (Å²) in [7, 11) is 0. The first kappa shape index (κ1) is 6.48. The molecule has 0 aliphatic heterocycles. The van der Waals surface area contributed by atoms with Gasteiger partial charge in [-0.05, 0) is 5.34 Å². The largest absolute Gasteiger partial charge is 0.394 e. The monoisotopic (exact) mass is 153 g/mol. The number of rotatable bonds is 3. The normalized spacial score (nSPS) is 19.1. The van der Waals surface area contributed by atoms with Crippen LogP contribution in [0.1, 0.15) is 1.37 Å². The molecule has 0 bridgehead atoms. The van der Waals surface area contributed by atoms with Crippen molar-refractivity contribution in [3.05, 3.63) is 0 Å². The van der Waals surface area contributed by atoms with Gasteiger partial charge in [-0.25, -0.2) is 0 Å². The number of hydrogen-bond donors (Lipinski definition) is 3. The Balaban J connectivity index is 3.72. The van der Waals surface area contributed by atoms with Gasteiger partial charge < -0.3 is 10.2 Å². The first-order chi connectivity index (χ1) is 4.09. The summed E-state index contributed by atoms with van der Waals surface area (Å²) in [5.41, 5.74) is 0. The van der Waals surface area contributed by atoms with Crippen molar-refractivity contribution in [2.24, 2.45) is 0 Å². The van der Waals surface area contributed by atoms with Crippen LogP contribution in [0.2, 0.25) is 0 Å². The van der Waals surface area contributed by atoms with E-state index >= 15 is 0 Å². The van der Waals surface area contributed by atoms with Gasteiger partial charge in [-0.3, -0.25) is 0 Å². The molecule has 2 atom stereocenters. The van der Waals surface area contributed by atoms with Crippen LogP contribution in [0.3, 0.4) is 0 Å². The van der Waals surface area contributed by atoms with Gasteiger partial charge in [0.2, 0.25) is 0 Å². The molecule has 0 radical (unpaired) electrons. The van der Waals surface area contributed by atoms with Crippen LogP contribution in [0.4, 0.5) is 0 Å². The van der Waals surface area contributed by atoms with Crippen LogP contribution in [0.25, 0.3) is 0 Å². The van der Waals surface area contributed by atoms with Gasteiger partial charge in [0.1, 0.15) is 0 Å². The van der Waals surface area contributed by atoms with Gasteiger partial charge >= 0.3 is 0 Å². The molecule has 0 aliphatic carbocycles. The van der Waals surface area contributed by atoms with Crippen molar-refractivity contribution >= 4 is 30.2 Å². The highest BCUT2D eigenvalue weighted by atomic mass is 32.1. The third-order valence-electron chi connectivity index (χ3n) is 0.672. The Morgan fingerprint density at radius 1 is 2.00 bits per heavy atom. The molecule has 2 N–H and O–H groups in total. The van der Waals surface area contributed by atoms with Gasteiger partial charge in [0.05, 0.1) is 19.3 Å². The summed E-state index contributed by atoms with van der Waals surface area (Å²) in [5.74, 6) is 0. The molecule has 48 valence electrons. The highest BCUT2D eigenvalue weighted by molar-refractivity contribution is 7.85. The van der Waals surface area contributed by atoms with E-state index in [1.165, 1.54) is 0 Å². The summed E-state index contributed by atoms with van der Waals surface area (Å²) in [4.78, 5) is 0. The van der Waals surface area contributed by atoms with Crippen molar-refractivity contribution in [2.75, 3.05) is 6.61 Å². The molecule has 0 aliphatic rings. The second-order valence-electron chi connectivity index (χ2n) is 1.31. The Labute approximate surface area is 60.3 Å². The lowest BCUT2D eigenvalue weighted by atomic mass is 10.3. The average Bonchev–Trinajstić information content (AvgIpc) is 1.84. The summed E-state index contributed by atoms with van der Waals surface area (Å²) < 4.78 is 6.80. The van der Waals surface area contributed by atoms with E-state index in [1.807, 2.05) is 0 Å². The van der Waals surface area contributed by atoms with Crippen molar-refractivity contribution < 1.29 is 11.6 Å². The van der Waals surface area contributed by atoms with Crippen LogP contribution in [0.15, 0.2) is 0 Å². The van der Waals surface area contributed by atoms with E-state index in [2.05, 4.69) is 24.8 Å². The van der Waals surface area contributed by atoms with Crippen molar-refractivity contribution in [1.29, 1.82) is 0 Å². The van der Waals surface area contributed by atoms with Gasteiger partial charge in [-0.15, -0.1) is 0 Å². The van der Waals surface area contributed by atoms with E-state index in [9.17, 15) is 0 Å². The topological polar surface area (TPSA) is 40.5 Å². The first-order valence-corrected chi connectivity index (χ1v) is 2.99. The molecule has 0 rings (SSSR count). The Bertz CT molecular complexity index is 109. The smallest absolute Gasteiger partial charge is 0.0929 e. The fourth-order valence-electron chi connectivity index (χ4n) is 0.178. The number of aliphatic hydroxyl groups is 2. The quantitative estimate of drug-likeness (QED) is 0.383. The third kappa shape index (κ3) is 2.61. The molecule has 0 saturated carbocycles. The molecule has 0 aromatic rings. The number of thiol groups is 1. The van der Waals surface area contributed by atoms with E-state index in [0.717, 1.165) is 0 Å². The minimum atomic E-state index is -1.02. The third-order valence-corrected chi connectivity index (χ3v) is 1.57. The summed E-state index contributed by atoms with van der Waals surface area (Å²) in [6, 6.07) is 0. The standard InChI is InChI=1S/C4H8O2S2/c5-1-3(6)4(8)2-7/h2-6,8H,1H2/t3-,4-/m1/s1/i2D. The maximum Gasteiger partial charge on any atom is 0.0929 e. The summed E-state index contributed by atoms with van der Waals surface area (Å²) >= 11 is 8.14. The van der Waals surface area contributed by atoms with Crippen molar-refractivity contribution in [1.82, 2.24) is 0 Å². The zero-order chi connectivity index (χ0) is 7.44. The Hall–Kier alpha value is 0.360. The minimum Gasteiger partial charge on any atom is -0.394 e. The molecule has 0 unspecified atom stereocenters. The van der Waals surface area contributed by atoms with E-state index in [-0.39, 0.29) is 5.34 Å². The van der Waals surface area contributed by atoms with Gasteiger partial charge in [0.25, 0.3) is 0 Å². The first-order valence-electron chi connectivity index (χ1n) is 2.57. The van der Waals surface area contributed by atoms with Crippen LogP contribution in [-0.4, -0.2) is 33.5 Å². The molecule has 0 aromatic heterocycles. The Morgan fingerprint density at radius 2 is 2.50 bits per heavy atom. The van der Waals surface area contributed by atoms with Crippen molar-refractivity contribution in [2.45, 2.75) is 11.4 Å². The molecule has 8 heavy (non-hydrogen) atoms. The minimum absolute atomic E-state index is 0.153. The summed E-state index contributed by atoms with van der Waals surface area (Å²) in [6.45, 7) is -0.410. The molecule has 2 nitrogen and oxygen atoms in total. The van der Waals surface area contributed by atoms with Crippen LogP contribution >= 0.6 is 24.8 Å². The predicted molar refractivity (Wildman–Crippen MR) is 39.5 cm³/mol. The van der Waals surface area contributed by atoms with Gasteiger partial charge in [0, 0.05) is 0 Å². The molecular formula is C4H8O2S2. The molecule has 0 spiro atoms. The summed E-state index contributed by atoms with van der Waals surface area (Å²) in [6.07, 6.45) is -1.02. The highest BCUT2D eigenvalue weighted by Gasteiger charge is 2.08. The second kappa shape index (κ2) is 4.26. The van der Waals surface area contributed by atoms with Gasteiger partial charge in [-0.2, -0.15) is 12.6 Å². The van der Waals surface area contributed by atoms with Crippen molar-refractivity contribution in [3.63, 3.8) is 0 Å². The SMILES string of the molecule is [2H]C(=S)[C@@H](S)[C@H](O)CO. The van der Waals surface area contributed by atoms with Crippen LogP contribution in [0, 0.1) is 0 Å². The fourth-order valence-corrected chi connectivity index (χ4v) is 0.430. The van der Waals surface area contributed by atoms with Gasteiger partial charge in [0.15, 0.2) is 0 Å². The molecular weight excluding hydrogens is 144 g/mol. The lowest BCUT2D eigenvalue weighted by Crippen LogP contribution is -2.25. The fraction of sp³-hybridized carbons (Fsp3) is 0.750. The average molecular weight is 153 g/mol. The molecule has 0 aromatic carbocycles. The van der Waals surface area contributed by atoms with E-state index in [4.69, 9.17) is 11.6 Å². The number of aliphatic hydroxyl groups excluding tert-OH is 2. The number of thiocarbonyl (C=S) groups is 1. The van der Waals surface area contributed by atoms with Gasteiger partial charge in [-0.1, -0.05) is 12.2 Å². The van der Waals surface area contributed by atoms with Crippen LogP contribution in [0.5, 0.6) is 0 Å². The lowest BCUT2D eigenvalue weighted by molar-refractivity contribution is 0.106. The van der Waals surface area contributed by atoms with Crippen LogP contribution < -0.4 is 0 Å². The molecule has 0 fully saturated rings. The van der Waals surface area contributed by atoms with E-state index in [0.29, 0.717) is 0 Å². The zero-order valence-electron chi connectivity index (χ0n) is 5.11. The molecule has 0 heterocycles. The number of hydrogen-bond acceptors (Lipinski definition) is 4. The second-order valence-corrected chi connectivity index (χ2v) is 2.10. The predicted octanol–water partition coefficient (Wildman–Crippen LogP) is -0.362. The zero-order valence-corrected chi connectivity index (χ0v) is 5.82. The Morgan fingerprint density at radius 3 is 2.62 bits per heavy atom. The molecule has 0 amide bonds. The van der Waals surface area contributed by atoms with E-state index in [1.54, 1.807) is 0 Å². The van der Waals surface area contributed by atoms with Crippen LogP contribution in [-0.2, 0) is 0 Å². The van der Waals surface area contributed by atoms with Crippen molar-refractivity contribution in [3.8, 4) is 0 Å². The summed E-state index contributed by atoms with van der Waals surface area (Å²) in [5, 5.41) is 16.2. The highest BCUT2D eigenvalue weighted by Crippen LogP contribution is 1.97. The maximum atomic E-state index is 8.76. The maximum absolute atomic E-state index is 8.76. The molecule has 4 heteroatoms.